The summed E-state index contributed by atoms with van der Waals surface area (Å²) >= 11 is 0. The van der Waals surface area contributed by atoms with Crippen LogP contribution in [0.1, 0.15) is 37.7 Å². The van der Waals surface area contributed by atoms with Gasteiger partial charge in [-0.15, -0.1) is 0 Å². The molecule has 0 spiro atoms. The fourth-order valence-electron chi connectivity index (χ4n) is 4.22. The largest absolute Gasteiger partial charge is 0.489 e. The van der Waals surface area contributed by atoms with Crippen LogP contribution in [0.25, 0.3) is 11.1 Å². The first-order valence-electron chi connectivity index (χ1n) is 11.4. The lowest BCUT2D eigenvalue weighted by Crippen LogP contribution is -2.55. The van der Waals surface area contributed by atoms with Gasteiger partial charge >= 0.3 is 5.97 Å². The van der Waals surface area contributed by atoms with Crippen molar-refractivity contribution in [2.45, 2.75) is 55.6 Å². The van der Waals surface area contributed by atoms with Gasteiger partial charge in [0.25, 0.3) is 0 Å². The summed E-state index contributed by atoms with van der Waals surface area (Å²) in [6.07, 6.45) is 1.68. The molecular formula is C24H28F2N2O5S. The first kappa shape index (κ1) is 24.6. The molecule has 2 aromatic rings. The number of sulfonamides is 1. The van der Waals surface area contributed by atoms with Crippen LogP contribution in [-0.4, -0.2) is 49.7 Å². The smallest absolute Gasteiger partial charge is 0.306 e. The Kier molecular flexibility index (Phi) is 7.20. The minimum Gasteiger partial charge on any atom is -0.489 e. The van der Waals surface area contributed by atoms with Crippen molar-refractivity contribution in [1.29, 1.82) is 0 Å². The molecule has 34 heavy (non-hydrogen) atoms. The maximum atomic E-state index is 14.5. The monoisotopic (exact) mass is 494 g/mol. The summed E-state index contributed by atoms with van der Waals surface area (Å²) in [5, 5.41) is 10.0. The number of rotatable bonds is 10. The maximum absolute atomic E-state index is 14.5. The Balaban J connectivity index is 1.52. The average Bonchev–Trinajstić information content (AvgIpc) is 3.55. The standard InChI is InChI=1S/C24H28F2N2O5S/c25-19-7-2-6-18(23(19)33-13-9-22(29)30)17-5-1-4-16(14-17)15-21-20(8-3-12-27-21)28-34(31,32)24(26)10-11-24/h1-2,4-7,14,20-21,27-28H,3,8-13,15H2,(H,29,30)/t20-,21?/m0/s1. The molecule has 10 heteroatoms. The Hall–Kier alpha value is -2.56. The highest BCUT2D eigenvalue weighted by molar-refractivity contribution is 7.91. The fraction of sp³-hybridized carbons (Fsp3) is 0.458. The van der Waals surface area contributed by atoms with Crippen LogP contribution in [0.15, 0.2) is 42.5 Å². The zero-order valence-electron chi connectivity index (χ0n) is 18.6. The second-order valence-electron chi connectivity index (χ2n) is 8.83. The van der Waals surface area contributed by atoms with Gasteiger partial charge in [-0.3, -0.25) is 4.79 Å². The number of carboxylic acids is 1. The molecule has 1 aliphatic carbocycles. The van der Waals surface area contributed by atoms with Crippen molar-refractivity contribution in [3.63, 3.8) is 0 Å². The van der Waals surface area contributed by atoms with Crippen LogP contribution >= 0.6 is 0 Å². The molecule has 7 nitrogen and oxygen atoms in total. The Bertz CT molecular complexity index is 1150. The molecule has 1 saturated carbocycles. The van der Waals surface area contributed by atoms with Crippen LogP contribution in [0, 0.1) is 5.82 Å². The zero-order valence-corrected chi connectivity index (χ0v) is 19.4. The van der Waals surface area contributed by atoms with Gasteiger partial charge in [0, 0.05) is 30.5 Å². The van der Waals surface area contributed by atoms with Crippen LogP contribution in [0.3, 0.4) is 0 Å². The molecule has 1 heterocycles. The molecule has 0 radical (unpaired) electrons. The van der Waals surface area contributed by atoms with E-state index in [1.807, 2.05) is 18.2 Å². The zero-order chi connectivity index (χ0) is 24.3. The molecule has 184 valence electrons. The summed E-state index contributed by atoms with van der Waals surface area (Å²) in [5.41, 5.74) is 2.08. The number of aliphatic carboxylic acids is 1. The molecule has 4 rings (SSSR count). The molecule has 0 aromatic heterocycles. The third-order valence-electron chi connectivity index (χ3n) is 6.24. The first-order chi connectivity index (χ1) is 16.2. The highest BCUT2D eigenvalue weighted by atomic mass is 32.2. The van der Waals surface area contributed by atoms with Crippen LogP contribution in [0.5, 0.6) is 5.75 Å². The topological polar surface area (TPSA) is 105 Å². The van der Waals surface area contributed by atoms with E-state index in [1.54, 1.807) is 18.2 Å². The summed E-state index contributed by atoms with van der Waals surface area (Å²) < 4.78 is 61.6. The van der Waals surface area contributed by atoms with Crippen LogP contribution < -0.4 is 14.8 Å². The van der Waals surface area contributed by atoms with Gasteiger partial charge in [0.05, 0.1) is 13.0 Å². The van der Waals surface area contributed by atoms with Crippen molar-refractivity contribution in [1.82, 2.24) is 10.0 Å². The lowest BCUT2D eigenvalue weighted by Gasteiger charge is -2.33. The average molecular weight is 495 g/mol. The normalized spacial score (nSPS) is 21.7. The van der Waals surface area contributed by atoms with Gasteiger partial charge in [-0.1, -0.05) is 36.4 Å². The molecule has 2 aromatic carbocycles. The molecule has 2 atom stereocenters. The van der Waals surface area contributed by atoms with E-state index in [9.17, 15) is 22.0 Å². The summed E-state index contributed by atoms with van der Waals surface area (Å²) in [4.78, 5) is 10.8. The van der Waals surface area contributed by atoms with Gasteiger partial charge in [0.2, 0.25) is 15.0 Å². The fourth-order valence-corrected chi connectivity index (χ4v) is 5.75. The van der Waals surface area contributed by atoms with Gasteiger partial charge in [0.1, 0.15) is 0 Å². The van der Waals surface area contributed by atoms with Crippen molar-refractivity contribution in [3.8, 4) is 16.9 Å². The number of piperidine rings is 1. The number of carboxylic acid groups (broad SMARTS) is 1. The summed E-state index contributed by atoms with van der Waals surface area (Å²) in [6.45, 7) is 0.571. The Labute approximate surface area is 197 Å². The summed E-state index contributed by atoms with van der Waals surface area (Å²) in [5.74, 6) is -1.64. The van der Waals surface area contributed by atoms with E-state index in [0.29, 0.717) is 24.0 Å². The molecule has 3 N–H and O–H groups in total. The quantitative estimate of drug-likeness (QED) is 0.468. The molecular weight excluding hydrogens is 466 g/mol. The van der Waals surface area contributed by atoms with Gasteiger partial charge < -0.3 is 15.2 Å². The Morgan fingerprint density at radius 1 is 1.24 bits per heavy atom. The third kappa shape index (κ3) is 5.56. The summed E-state index contributed by atoms with van der Waals surface area (Å²) in [6, 6.07) is 11.2. The number of hydrogen-bond acceptors (Lipinski definition) is 5. The Morgan fingerprint density at radius 3 is 2.74 bits per heavy atom. The number of halogens is 2. The molecule has 0 amide bonds. The summed E-state index contributed by atoms with van der Waals surface area (Å²) in [7, 11) is -4.04. The molecule has 0 bridgehead atoms. The predicted octanol–water partition coefficient (Wildman–Crippen LogP) is 3.39. The number of alkyl halides is 1. The molecule has 2 fully saturated rings. The molecule has 1 saturated heterocycles. The van der Waals surface area contributed by atoms with E-state index in [2.05, 4.69) is 10.0 Å². The van der Waals surface area contributed by atoms with Gasteiger partial charge in [-0.05, 0) is 43.0 Å². The van der Waals surface area contributed by atoms with Crippen molar-refractivity contribution >= 4 is 16.0 Å². The molecule has 2 aliphatic rings. The van der Waals surface area contributed by atoms with Gasteiger partial charge in [-0.25, -0.2) is 21.9 Å². The van der Waals surface area contributed by atoms with Gasteiger partial charge in [-0.2, -0.15) is 0 Å². The first-order valence-corrected chi connectivity index (χ1v) is 12.8. The number of nitrogens with one attached hydrogen (secondary N) is 2. The highest BCUT2D eigenvalue weighted by Gasteiger charge is 2.56. The minimum absolute atomic E-state index is 0.0139. The van der Waals surface area contributed by atoms with Crippen LogP contribution in [-0.2, 0) is 21.2 Å². The van der Waals surface area contributed by atoms with Crippen molar-refractivity contribution < 1.29 is 31.8 Å². The van der Waals surface area contributed by atoms with Gasteiger partial charge in [0.15, 0.2) is 11.6 Å². The molecule has 1 unspecified atom stereocenters. The number of para-hydroxylation sites is 1. The van der Waals surface area contributed by atoms with Crippen molar-refractivity contribution in [2.75, 3.05) is 13.2 Å². The van der Waals surface area contributed by atoms with E-state index in [4.69, 9.17) is 9.84 Å². The van der Waals surface area contributed by atoms with Crippen LogP contribution in [0.4, 0.5) is 8.78 Å². The SMILES string of the molecule is O=C(O)CCOc1c(F)cccc1-c1cccc(CC2NCCC[C@@H]2NS(=O)(=O)C2(F)CC2)c1. The van der Waals surface area contributed by atoms with E-state index in [-0.39, 0.29) is 37.7 Å². The number of carbonyl (C=O) groups is 1. The lowest BCUT2D eigenvalue weighted by atomic mass is 9.92. The van der Waals surface area contributed by atoms with E-state index >= 15 is 0 Å². The minimum atomic E-state index is -4.04. The second-order valence-corrected chi connectivity index (χ2v) is 10.8. The number of benzene rings is 2. The predicted molar refractivity (Wildman–Crippen MR) is 123 cm³/mol. The van der Waals surface area contributed by atoms with E-state index in [0.717, 1.165) is 18.5 Å². The van der Waals surface area contributed by atoms with Crippen molar-refractivity contribution in [3.05, 3.63) is 53.8 Å². The van der Waals surface area contributed by atoms with Crippen molar-refractivity contribution in [2.24, 2.45) is 0 Å². The Morgan fingerprint density at radius 2 is 2.00 bits per heavy atom. The van der Waals surface area contributed by atoms with E-state index < -0.39 is 32.9 Å². The lowest BCUT2D eigenvalue weighted by molar-refractivity contribution is -0.137. The van der Waals surface area contributed by atoms with Crippen LogP contribution in [0.2, 0.25) is 0 Å². The third-order valence-corrected chi connectivity index (χ3v) is 8.22. The molecule has 1 aliphatic heterocycles. The number of ether oxygens (including phenoxy) is 1. The highest BCUT2D eigenvalue weighted by Crippen LogP contribution is 2.44. The van der Waals surface area contributed by atoms with E-state index in [1.165, 1.54) is 6.07 Å². The second kappa shape index (κ2) is 9.97. The maximum Gasteiger partial charge on any atom is 0.306 e. The number of hydrogen-bond donors (Lipinski definition) is 3.